The number of alkyl halides is 2. The molecule has 0 N–H and O–H groups in total. The van der Waals surface area contributed by atoms with Gasteiger partial charge in [-0.15, -0.1) is 11.8 Å². The molecule has 1 saturated heterocycles. The van der Waals surface area contributed by atoms with Gasteiger partial charge >= 0.3 is 12.6 Å². The molecule has 6 rings (SSSR count). The van der Waals surface area contributed by atoms with Crippen LogP contribution in [-0.2, 0) is 14.3 Å². The Morgan fingerprint density at radius 1 is 1.11 bits per heavy atom. The van der Waals surface area contributed by atoms with E-state index in [0.717, 1.165) is 68.0 Å². The summed E-state index contributed by atoms with van der Waals surface area (Å²) in [5, 5.41) is 1.34. The van der Waals surface area contributed by atoms with Crippen LogP contribution in [0.3, 0.4) is 0 Å². The number of ether oxygens (including phenoxy) is 2. The summed E-state index contributed by atoms with van der Waals surface area (Å²) in [7, 11) is 1.44. The molecule has 242 valence electrons. The maximum atomic E-state index is 13.7. The molecule has 4 fully saturated rings. The number of pyridine rings is 1. The van der Waals surface area contributed by atoms with E-state index in [1.54, 1.807) is 11.8 Å². The highest BCUT2D eigenvalue weighted by Gasteiger charge is 2.59. The van der Waals surface area contributed by atoms with Crippen molar-refractivity contribution in [2.45, 2.75) is 119 Å². The van der Waals surface area contributed by atoms with Crippen LogP contribution in [0.25, 0.3) is 0 Å². The van der Waals surface area contributed by atoms with Crippen molar-refractivity contribution >= 4 is 29.3 Å². The van der Waals surface area contributed by atoms with Gasteiger partial charge in [-0.1, -0.05) is 37.8 Å². The summed E-state index contributed by atoms with van der Waals surface area (Å²) in [5.41, 5.74) is 1.46. The number of carbonyl (C=O) groups excluding carboxylic acids is 2. The number of hydrogen-bond acceptors (Lipinski definition) is 7. The Morgan fingerprint density at radius 2 is 1.93 bits per heavy atom. The quantitative estimate of drug-likeness (QED) is 0.131. The first-order valence-electron chi connectivity index (χ1n) is 16.9. The molecule has 3 saturated carbocycles. The zero-order chi connectivity index (χ0) is 30.8. The van der Waals surface area contributed by atoms with E-state index in [1.165, 1.54) is 31.9 Å². The van der Waals surface area contributed by atoms with Gasteiger partial charge in [0, 0.05) is 36.7 Å². The molecule has 1 aliphatic heterocycles. The van der Waals surface area contributed by atoms with Crippen LogP contribution in [0.5, 0.6) is 0 Å². The minimum atomic E-state index is -2.73. The largest absolute Gasteiger partial charge is 0.469 e. The van der Waals surface area contributed by atoms with Crippen molar-refractivity contribution in [1.82, 2.24) is 4.98 Å². The van der Waals surface area contributed by atoms with Gasteiger partial charge in [-0.25, -0.2) is 4.98 Å². The summed E-state index contributed by atoms with van der Waals surface area (Å²) < 4.78 is 36.8. The molecular weight excluding hydrogens is 582 g/mol. The minimum Gasteiger partial charge on any atom is -0.469 e. The summed E-state index contributed by atoms with van der Waals surface area (Å²) in [6, 6.07) is 3.97. The highest BCUT2D eigenvalue weighted by molar-refractivity contribution is 7.99. The summed E-state index contributed by atoms with van der Waals surface area (Å²) in [6.07, 6.45) is 15.1. The highest BCUT2D eigenvalue weighted by atomic mass is 32.2. The van der Waals surface area contributed by atoms with Crippen molar-refractivity contribution < 1.29 is 27.8 Å². The number of esters is 1. The Kier molecular flexibility index (Phi) is 10.0. The summed E-state index contributed by atoms with van der Waals surface area (Å²) in [6.45, 7) is 1.05. The van der Waals surface area contributed by atoms with Crippen molar-refractivity contribution in [1.29, 1.82) is 0 Å². The number of nitrogens with zero attached hydrogens (tertiary/aromatic N) is 2. The number of carbonyl (C=O) groups is 2. The van der Waals surface area contributed by atoms with Crippen LogP contribution < -0.4 is 4.90 Å². The number of rotatable bonds is 12. The predicted octanol–water partition coefficient (Wildman–Crippen LogP) is 8.24. The van der Waals surface area contributed by atoms with E-state index in [2.05, 4.69) is 17.9 Å². The van der Waals surface area contributed by atoms with Gasteiger partial charge in [0.05, 0.1) is 12.7 Å². The first-order valence-corrected chi connectivity index (χ1v) is 17.8. The lowest BCUT2D eigenvalue weighted by molar-refractivity contribution is -0.212. The molecule has 6 nitrogen and oxygen atoms in total. The van der Waals surface area contributed by atoms with Gasteiger partial charge in [-0.3, -0.25) is 9.59 Å². The maximum Gasteiger partial charge on any atom is 0.345 e. The van der Waals surface area contributed by atoms with Gasteiger partial charge in [0.25, 0.3) is 0 Å². The number of aromatic nitrogens is 1. The molecule has 0 spiro atoms. The van der Waals surface area contributed by atoms with Crippen LogP contribution in [0.2, 0.25) is 0 Å². The third kappa shape index (κ3) is 7.03. The zero-order valence-electron chi connectivity index (χ0n) is 26.3. The lowest BCUT2D eigenvalue weighted by Crippen LogP contribution is -2.38. The monoisotopic (exact) mass is 630 g/mol. The minimum absolute atomic E-state index is 0.147. The molecule has 9 heteroatoms. The Balaban J connectivity index is 1.12. The molecule has 0 radical (unpaired) electrons. The number of thioether (sulfide) groups is 1. The number of allylic oxidation sites excluding steroid dienone is 2. The molecular formula is C35H48F2N2O4S. The topological polar surface area (TPSA) is 68.7 Å². The Hall–Kier alpha value is -2.00. The number of fused-ring (bicyclic) bond motifs is 1. The lowest BCUT2D eigenvalue weighted by Gasteiger charge is -2.45. The average Bonchev–Trinajstić information content (AvgIpc) is 3.25. The van der Waals surface area contributed by atoms with Crippen LogP contribution in [0.4, 0.5) is 14.6 Å². The Labute approximate surface area is 265 Å². The SMILES string of the molecule is COC(=O)C[C@@H]1CCCN(c2ccc(C(=O)CCCC3C4=CC(C)C[C@]5(OC(F)F)CC4C3C5)c(SC3CCCCC3)n2)C1. The standard InChI is InChI=1S/C35H48F2N2O4S/c1-22-16-27-25(28-19-35(18-22,20-29(27)28)43-34(36)37)11-6-12-30(40)26-13-14-31(38-33(26)44-24-9-4-3-5-10-24)39-15-7-8-23(21-39)17-32(41)42-2/h13-14,16,22-25,28-29,34H,3-12,15,17-21H2,1-2H3/t22?,23-,25?,28?,29?,35+/m0/s1. The van der Waals surface area contributed by atoms with E-state index in [4.69, 9.17) is 14.5 Å². The fourth-order valence-electron chi connectivity index (χ4n) is 9.13. The Bertz CT molecular complexity index is 1240. The first-order chi connectivity index (χ1) is 21.2. The molecule has 2 bridgehead atoms. The molecule has 44 heavy (non-hydrogen) atoms. The maximum absolute atomic E-state index is 13.7. The van der Waals surface area contributed by atoms with E-state index in [-0.39, 0.29) is 23.6 Å². The fourth-order valence-corrected chi connectivity index (χ4v) is 10.5. The summed E-state index contributed by atoms with van der Waals surface area (Å²) >= 11 is 1.78. The van der Waals surface area contributed by atoms with Crippen molar-refractivity contribution in [2.24, 2.45) is 29.6 Å². The summed E-state index contributed by atoms with van der Waals surface area (Å²) in [5.74, 6) is 2.50. The fraction of sp³-hybridized carbons (Fsp3) is 0.743. The summed E-state index contributed by atoms with van der Waals surface area (Å²) in [4.78, 5) is 33.0. The van der Waals surface area contributed by atoms with Crippen molar-refractivity contribution in [3.63, 3.8) is 0 Å². The van der Waals surface area contributed by atoms with Crippen LogP contribution in [0.15, 0.2) is 28.8 Å². The number of methoxy groups -OCH3 is 1. The van der Waals surface area contributed by atoms with E-state index in [9.17, 15) is 18.4 Å². The third-order valence-electron chi connectivity index (χ3n) is 11.0. The number of hydrogen-bond donors (Lipinski definition) is 0. The van der Waals surface area contributed by atoms with Crippen molar-refractivity contribution in [3.05, 3.63) is 29.3 Å². The van der Waals surface area contributed by atoms with Crippen LogP contribution in [-0.4, -0.2) is 54.4 Å². The molecule has 6 atom stereocenters. The highest BCUT2D eigenvalue weighted by Crippen LogP contribution is 2.64. The van der Waals surface area contributed by atoms with Crippen LogP contribution in [0.1, 0.15) is 107 Å². The van der Waals surface area contributed by atoms with Crippen molar-refractivity contribution in [2.75, 3.05) is 25.1 Å². The number of anilines is 1. The Morgan fingerprint density at radius 3 is 2.70 bits per heavy atom. The molecule has 0 amide bonds. The van der Waals surface area contributed by atoms with Gasteiger partial charge in [-0.2, -0.15) is 8.78 Å². The average molecular weight is 631 g/mol. The van der Waals surface area contributed by atoms with E-state index in [1.807, 2.05) is 12.1 Å². The normalized spacial score (nSPS) is 31.8. The van der Waals surface area contributed by atoms with E-state index >= 15 is 0 Å². The lowest BCUT2D eigenvalue weighted by atomic mass is 9.60. The number of Topliss-reactive ketones (excluding diaryl/α,β-unsaturated/α-hetero) is 1. The number of ketones is 1. The zero-order valence-corrected chi connectivity index (χ0v) is 27.1. The molecule has 4 unspecified atom stereocenters. The molecule has 0 aromatic carbocycles. The third-order valence-corrected chi connectivity index (χ3v) is 12.4. The second kappa shape index (κ2) is 13.8. The molecule has 2 heterocycles. The number of halogens is 2. The van der Waals surface area contributed by atoms with Gasteiger partial charge in [0.1, 0.15) is 10.8 Å². The van der Waals surface area contributed by atoms with Crippen molar-refractivity contribution in [3.8, 4) is 0 Å². The molecule has 4 aliphatic carbocycles. The molecule has 1 aromatic heterocycles. The van der Waals surface area contributed by atoms with E-state index in [0.29, 0.717) is 55.1 Å². The number of piperidine rings is 1. The van der Waals surface area contributed by atoms with Crippen LogP contribution >= 0.6 is 11.8 Å². The van der Waals surface area contributed by atoms with Crippen LogP contribution in [0, 0.1) is 29.6 Å². The smallest absolute Gasteiger partial charge is 0.345 e. The second-order valence-electron chi connectivity index (χ2n) is 14.1. The van der Waals surface area contributed by atoms with Gasteiger partial charge in [-0.05, 0) is 99.5 Å². The first kappa shape index (κ1) is 32.0. The second-order valence-corrected chi connectivity index (χ2v) is 15.4. The van der Waals surface area contributed by atoms with Gasteiger partial charge < -0.3 is 14.4 Å². The molecule has 5 aliphatic rings. The van der Waals surface area contributed by atoms with Gasteiger partial charge in [0.2, 0.25) is 0 Å². The molecule has 1 aromatic rings. The van der Waals surface area contributed by atoms with Gasteiger partial charge in [0.15, 0.2) is 5.78 Å². The van der Waals surface area contributed by atoms with E-state index < -0.39 is 12.2 Å². The predicted molar refractivity (Wildman–Crippen MR) is 168 cm³/mol.